The molecule has 0 bridgehead atoms. The number of rotatable bonds is 5. The SMILES string of the molecule is Cc1nn(-c2ccc(F)cc2)c(C)c1CC(=O)N1CCC(C(=O)NC(C)C)CC1. The smallest absolute Gasteiger partial charge is 0.227 e. The number of likely N-dealkylation sites (tertiary alicyclic amines) is 1. The number of halogens is 1. The number of aromatic nitrogens is 2. The fraction of sp³-hybridized carbons (Fsp3) is 0.500. The van der Waals surface area contributed by atoms with Gasteiger partial charge in [-0.15, -0.1) is 0 Å². The second-order valence-corrected chi connectivity index (χ2v) is 8.03. The zero-order valence-corrected chi connectivity index (χ0v) is 17.5. The maximum Gasteiger partial charge on any atom is 0.227 e. The summed E-state index contributed by atoms with van der Waals surface area (Å²) in [6.45, 7) is 8.91. The molecule has 1 N–H and O–H groups in total. The van der Waals surface area contributed by atoms with Gasteiger partial charge in [-0.25, -0.2) is 9.07 Å². The first kappa shape index (κ1) is 21.0. The lowest BCUT2D eigenvalue weighted by molar-refractivity contribution is -0.135. The molecule has 2 heterocycles. The van der Waals surface area contributed by atoms with Crippen molar-refractivity contribution in [2.45, 2.75) is 53.0 Å². The largest absolute Gasteiger partial charge is 0.354 e. The van der Waals surface area contributed by atoms with Crippen LogP contribution < -0.4 is 5.32 Å². The highest BCUT2D eigenvalue weighted by molar-refractivity contribution is 5.81. The third kappa shape index (κ3) is 4.83. The number of carbonyl (C=O) groups is 2. The van der Waals surface area contributed by atoms with Gasteiger partial charge in [0.1, 0.15) is 5.82 Å². The van der Waals surface area contributed by atoms with Gasteiger partial charge < -0.3 is 10.2 Å². The van der Waals surface area contributed by atoms with Crippen molar-refractivity contribution in [2.24, 2.45) is 5.92 Å². The molecule has 1 aliphatic rings. The van der Waals surface area contributed by atoms with Gasteiger partial charge in [0, 0.05) is 36.3 Å². The average Bonchev–Trinajstić information content (AvgIpc) is 2.96. The van der Waals surface area contributed by atoms with Gasteiger partial charge in [-0.05, 0) is 64.8 Å². The molecule has 0 saturated carbocycles. The van der Waals surface area contributed by atoms with E-state index < -0.39 is 0 Å². The van der Waals surface area contributed by atoms with E-state index in [9.17, 15) is 14.0 Å². The van der Waals surface area contributed by atoms with Gasteiger partial charge >= 0.3 is 0 Å². The number of amides is 2. The van der Waals surface area contributed by atoms with Crippen LogP contribution in [0.2, 0.25) is 0 Å². The van der Waals surface area contributed by atoms with Crippen LogP contribution in [-0.2, 0) is 16.0 Å². The molecule has 3 rings (SSSR count). The fourth-order valence-electron chi connectivity index (χ4n) is 3.82. The first-order chi connectivity index (χ1) is 13.8. The van der Waals surface area contributed by atoms with E-state index in [1.165, 1.54) is 12.1 Å². The Kier molecular flexibility index (Phi) is 6.35. The standard InChI is InChI=1S/C22H29FN4O2/c1-14(2)24-22(29)17-9-11-26(12-10-17)21(28)13-20-15(3)25-27(16(20)4)19-7-5-18(23)6-8-19/h5-8,14,17H,9-13H2,1-4H3,(H,24,29). The quantitative estimate of drug-likeness (QED) is 0.839. The Hall–Kier alpha value is -2.70. The van der Waals surface area contributed by atoms with E-state index in [0.29, 0.717) is 25.9 Å². The van der Waals surface area contributed by atoms with Crippen LogP contribution in [-0.4, -0.2) is 45.6 Å². The number of nitrogens with one attached hydrogen (secondary N) is 1. The second kappa shape index (κ2) is 8.76. The van der Waals surface area contributed by atoms with Gasteiger partial charge in [0.05, 0.1) is 17.8 Å². The first-order valence-corrected chi connectivity index (χ1v) is 10.2. The van der Waals surface area contributed by atoms with Crippen molar-refractivity contribution in [3.8, 4) is 5.69 Å². The van der Waals surface area contributed by atoms with Crippen molar-refractivity contribution >= 4 is 11.8 Å². The maximum absolute atomic E-state index is 13.2. The van der Waals surface area contributed by atoms with Crippen LogP contribution in [0.3, 0.4) is 0 Å². The average molecular weight is 400 g/mol. The Morgan fingerprint density at radius 1 is 1.17 bits per heavy atom. The highest BCUT2D eigenvalue weighted by Gasteiger charge is 2.28. The molecule has 29 heavy (non-hydrogen) atoms. The molecule has 1 saturated heterocycles. The Balaban J connectivity index is 1.64. The van der Waals surface area contributed by atoms with Crippen LogP contribution in [0.4, 0.5) is 4.39 Å². The van der Waals surface area contributed by atoms with Crippen LogP contribution in [0.5, 0.6) is 0 Å². The molecule has 156 valence electrons. The number of hydrogen-bond donors (Lipinski definition) is 1. The summed E-state index contributed by atoms with van der Waals surface area (Å²) in [4.78, 5) is 26.9. The minimum absolute atomic E-state index is 0.0221. The predicted octanol–water partition coefficient (Wildman–Crippen LogP) is 2.93. The number of benzene rings is 1. The molecule has 1 aromatic heterocycles. The zero-order chi connectivity index (χ0) is 21.1. The first-order valence-electron chi connectivity index (χ1n) is 10.2. The zero-order valence-electron chi connectivity index (χ0n) is 17.5. The van der Waals surface area contributed by atoms with Crippen LogP contribution in [0.1, 0.15) is 43.6 Å². The maximum atomic E-state index is 13.2. The minimum Gasteiger partial charge on any atom is -0.354 e. The molecule has 1 aliphatic heterocycles. The summed E-state index contributed by atoms with van der Waals surface area (Å²) >= 11 is 0. The van der Waals surface area contributed by atoms with Gasteiger partial charge in [0.25, 0.3) is 0 Å². The molecule has 0 atom stereocenters. The molecule has 6 nitrogen and oxygen atoms in total. The summed E-state index contributed by atoms with van der Waals surface area (Å²) in [6, 6.07) is 6.28. The van der Waals surface area contributed by atoms with E-state index >= 15 is 0 Å². The molecule has 2 amide bonds. The normalized spacial score (nSPS) is 15.0. The summed E-state index contributed by atoms with van der Waals surface area (Å²) in [7, 11) is 0. The molecular weight excluding hydrogens is 371 g/mol. The van der Waals surface area contributed by atoms with Gasteiger partial charge in [-0.2, -0.15) is 5.10 Å². The molecule has 0 unspecified atom stereocenters. The second-order valence-electron chi connectivity index (χ2n) is 8.03. The number of aryl methyl sites for hydroxylation is 1. The number of piperidine rings is 1. The molecule has 1 fully saturated rings. The van der Waals surface area contributed by atoms with Crippen molar-refractivity contribution in [1.29, 1.82) is 0 Å². The molecule has 7 heteroatoms. The van der Waals surface area contributed by atoms with E-state index in [0.717, 1.165) is 22.6 Å². The van der Waals surface area contributed by atoms with Gasteiger partial charge in [-0.3, -0.25) is 9.59 Å². The van der Waals surface area contributed by atoms with E-state index in [4.69, 9.17) is 0 Å². The van der Waals surface area contributed by atoms with Crippen molar-refractivity contribution in [2.75, 3.05) is 13.1 Å². The molecule has 0 aliphatic carbocycles. The highest BCUT2D eigenvalue weighted by atomic mass is 19.1. The highest BCUT2D eigenvalue weighted by Crippen LogP contribution is 2.22. The Bertz CT molecular complexity index is 881. The lowest BCUT2D eigenvalue weighted by Crippen LogP contribution is -2.44. The van der Waals surface area contributed by atoms with Crippen molar-refractivity contribution in [1.82, 2.24) is 20.0 Å². The summed E-state index contributed by atoms with van der Waals surface area (Å²) in [5, 5.41) is 7.50. The molecular formula is C22H29FN4O2. The third-order valence-corrected chi connectivity index (χ3v) is 5.49. The van der Waals surface area contributed by atoms with E-state index in [2.05, 4.69) is 10.4 Å². The minimum atomic E-state index is -0.295. The summed E-state index contributed by atoms with van der Waals surface area (Å²) in [5.41, 5.74) is 3.35. The van der Waals surface area contributed by atoms with Crippen LogP contribution in [0.15, 0.2) is 24.3 Å². The van der Waals surface area contributed by atoms with Gasteiger partial charge in [0.15, 0.2) is 0 Å². The van der Waals surface area contributed by atoms with Crippen molar-refractivity contribution in [3.63, 3.8) is 0 Å². The lowest BCUT2D eigenvalue weighted by atomic mass is 9.95. The van der Waals surface area contributed by atoms with Gasteiger partial charge in [0.2, 0.25) is 11.8 Å². The Morgan fingerprint density at radius 2 is 1.79 bits per heavy atom. The third-order valence-electron chi connectivity index (χ3n) is 5.49. The Morgan fingerprint density at radius 3 is 2.38 bits per heavy atom. The predicted molar refractivity (Wildman–Crippen MR) is 109 cm³/mol. The summed E-state index contributed by atoms with van der Waals surface area (Å²) in [5.74, 6) is -0.181. The van der Waals surface area contributed by atoms with Crippen LogP contribution in [0, 0.1) is 25.6 Å². The lowest BCUT2D eigenvalue weighted by Gasteiger charge is -2.31. The summed E-state index contributed by atoms with van der Waals surface area (Å²) < 4.78 is 14.9. The Labute approximate surface area is 171 Å². The molecule has 2 aromatic rings. The molecule has 0 radical (unpaired) electrons. The fourth-order valence-corrected chi connectivity index (χ4v) is 3.82. The number of carbonyl (C=O) groups excluding carboxylic acids is 2. The number of nitrogens with zero attached hydrogens (tertiary/aromatic N) is 3. The molecule has 0 spiro atoms. The van der Waals surface area contributed by atoms with E-state index in [1.54, 1.807) is 16.8 Å². The van der Waals surface area contributed by atoms with Gasteiger partial charge in [-0.1, -0.05) is 0 Å². The van der Waals surface area contributed by atoms with Crippen LogP contribution >= 0.6 is 0 Å². The monoisotopic (exact) mass is 400 g/mol. The van der Waals surface area contributed by atoms with E-state index in [-0.39, 0.29) is 36.0 Å². The van der Waals surface area contributed by atoms with Crippen LogP contribution in [0.25, 0.3) is 5.69 Å². The summed E-state index contributed by atoms with van der Waals surface area (Å²) in [6.07, 6.45) is 1.66. The van der Waals surface area contributed by atoms with Crippen molar-refractivity contribution < 1.29 is 14.0 Å². The molecule has 1 aromatic carbocycles. The number of hydrogen-bond acceptors (Lipinski definition) is 3. The van der Waals surface area contributed by atoms with Crippen molar-refractivity contribution in [3.05, 3.63) is 47.0 Å². The van der Waals surface area contributed by atoms with E-state index in [1.807, 2.05) is 32.6 Å². The topological polar surface area (TPSA) is 67.2 Å².